The van der Waals surface area contributed by atoms with E-state index in [1.165, 1.54) is 18.2 Å². The van der Waals surface area contributed by atoms with Crippen LogP contribution in [0.4, 0.5) is 5.69 Å². The van der Waals surface area contributed by atoms with Gasteiger partial charge in [0.05, 0.1) is 6.61 Å². The molecule has 0 spiro atoms. The van der Waals surface area contributed by atoms with Gasteiger partial charge in [-0.3, -0.25) is 4.79 Å². The molecule has 7 nitrogen and oxygen atoms in total. The SMILES string of the molecule is CCC(=O)C(=O)OCCCNc1ccc(C(=O)O)c(O)c1. The number of aromatic carboxylic acids is 1. The van der Waals surface area contributed by atoms with Gasteiger partial charge in [0.15, 0.2) is 0 Å². The molecule has 0 aliphatic carbocycles. The Morgan fingerprint density at radius 1 is 1.29 bits per heavy atom. The number of phenols is 1. The predicted octanol–water partition coefficient (Wildman–Crippen LogP) is 1.41. The summed E-state index contributed by atoms with van der Waals surface area (Å²) in [6.45, 7) is 2.13. The van der Waals surface area contributed by atoms with E-state index in [-0.39, 0.29) is 24.3 Å². The number of ether oxygens (including phenoxy) is 1. The number of carbonyl (C=O) groups excluding carboxylic acids is 2. The van der Waals surface area contributed by atoms with Crippen LogP contribution in [-0.4, -0.2) is 41.1 Å². The molecule has 0 heterocycles. The van der Waals surface area contributed by atoms with Crippen molar-refractivity contribution in [3.05, 3.63) is 23.8 Å². The van der Waals surface area contributed by atoms with Crippen molar-refractivity contribution < 1.29 is 29.3 Å². The summed E-state index contributed by atoms with van der Waals surface area (Å²) in [7, 11) is 0. The second-order valence-corrected chi connectivity index (χ2v) is 4.23. The van der Waals surface area contributed by atoms with Gasteiger partial charge in [-0.05, 0) is 18.6 Å². The summed E-state index contributed by atoms with van der Waals surface area (Å²) in [4.78, 5) is 32.7. The second kappa shape index (κ2) is 7.88. The number of anilines is 1. The Bertz CT molecular complexity index is 540. The van der Waals surface area contributed by atoms with E-state index < -0.39 is 17.7 Å². The van der Waals surface area contributed by atoms with E-state index in [1.807, 2.05) is 0 Å². The van der Waals surface area contributed by atoms with Gasteiger partial charge in [0.25, 0.3) is 0 Å². The Kier molecular flexibility index (Phi) is 6.19. The van der Waals surface area contributed by atoms with Crippen LogP contribution < -0.4 is 5.32 Å². The lowest BCUT2D eigenvalue weighted by Crippen LogP contribution is -2.18. The Morgan fingerprint density at radius 2 is 2.00 bits per heavy atom. The maximum Gasteiger partial charge on any atom is 0.374 e. The van der Waals surface area contributed by atoms with Crippen LogP contribution in [0.15, 0.2) is 18.2 Å². The highest BCUT2D eigenvalue weighted by Crippen LogP contribution is 2.21. The third kappa shape index (κ3) is 5.13. The van der Waals surface area contributed by atoms with Gasteiger partial charge in [0.2, 0.25) is 5.78 Å². The standard InChI is InChI=1S/C14H17NO6/c1-2-11(16)14(20)21-7-3-6-15-9-4-5-10(13(18)19)12(17)8-9/h4-5,8,15,17H,2-3,6-7H2,1H3,(H,18,19). The highest BCUT2D eigenvalue weighted by molar-refractivity contribution is 6.33. The maximum absolute atomic E-state index is 11.1. The number of hydrogen-bond acceptors (Lipinski definition) is 6. The van der Waals surface area contributed by atoms with E-state index >= 15 is 0 Å². The first kappa shape index (κ1) is 16.5. The smallest absolute Gasteiger partial charge is 0.374 e. The average molecular weight is 295 g/mol. The van der Waals surface area contributed by atoms with Gasteiger partial charge in [0, 0.05) is 24.7 Å². The third-order valence-electron chi connectivity index (χ3n) is 2.66. The van der Waals surface area contributed by atoms with Crippen molar-refractivity contribution in [1.29, 1.82) is 0 Å². The van der Waals surface area contributed by atoms with Crippen LogP contribution in [0.5, 0.6) is 5.75 Å². The highest BCUT2D eigenvalue weighted by atomic mass is 16.5. The lowest BCUT2D eigenvalue weighted by molar-refractivity contribution is -0.153. The number of nitrogens with one attached hydrogen (secondary N) is 1. The molecule has 21 heavy (non-hydrogen) atoms. The van der Waals surface area contributed by atoms with Gasteiger partial charge in [-0.25, -0.2) is 9.59 Å². The van der Waals surface area contributed by atoms with Crippen molar-refractivity contribution in [2.45, 2.75) is 19.8 Å². The summed E-state index contributed by atoms with van der Waals surface area (Å²) in [6, 6.07) is 4.12. The monoisotopic (exact) mass is 295 g/mol. The number of rotatable bonds is 8. The largest absolute Gasteiger partial charge is 0.507 e. The molecule has 1 aromatic carbocycles. The van der Waals surface area contributed by atoms with Gasteiger partial charge in [-0.2, -0.15) is 0 Å². The van der Waals surface area contributed by atoms with Crippen molar-refractivity contribution in [2.75, 3.05) is 18.5 Å². The fourth-order valence-electron chi connectivity index (χ4n) is 1.52. The zero-order valence-electron chi connectivity index (χ0n) is 11.6. The second-order valence-electron chi connectivity index (χ2n) is 4.23. The number of hydrogen-bond donors (Lipinski definition) is 3. The van der Waals surface area contributed by atoms with Crippen LogP contribution in [-0.2, 0) is 14.3 Å². The third-order valence-corrected chi connectivity index (χ3v) is 2.66. The number of Topliss-reactive ketones (excluding diaryl/α,β-unsaturated/α-hetero) is 1. The van der Waals surface area contributed by atoms with Crippen LogP contribution in [0, 0.1) is 0 Å². The molecular formula is C14H17NO6. The Morgan fingerprint density at radius 3 is 2.57 bits per heavy atom. The van der Waals surface area contributed by atoms with Gasteiger partial charge in [-0.15, -0.1) is 0 Å². The van der Waals surface area contributed by atoms with E-state index in [4.69, 9.17) is 9.84 Å². The molecule has 1 rings (SSSR count). The molecule has 3 N–H and O–H groups in total. The fourth-order valence-corrected chi connectivity index (χ4v) is 1.52. The molecule has 0 unspecified atom stereocenters. The normalized spacial score (nSPS) is 9.95. The van der Waals surface area contributed by atoms with Gasteiger partial charge in [-0.1, -0.05) is 6.92 Å². The van der Waals surface area contributed by atoms with Crippen molar-refractivity contribution >= 4 is 23.4 Å². The molecule has 0 bridgehead atoms. The summed E-state index contributed by atoms with van der Waals surface area (Å²) in [5, 5.41) is 21.2. The summed E-state index contributed by atoms with van der Waals surface area (Å²) >= 11 is 0. The van der Waals surface area contributed by atoms with Crippen LogP contribution >= 0.6 is 0 Å². The number of ketones is 1. The summed E-state index contributed by atoms with van der Waals surface area (Å²) in [6.07, 6.45) is 0.594. The molecule has 0 aliphatic rings. The molecule has 1 aromatic rings. The molecule has 0 fully saturated rings. The van der Waals surface area contributed by atoms with Crippen molar-refractivity contribution in [3.63, 3.8) is 0 Å². The highest BCUT2D eigenvalue weighted by Gasteiger charge is 2.12. The molecule has 0 aromatic heterocycles. The first-order valence-corrected chi connectivity index (χ1v) is 6.45. The molecule has 0 atom stereocenters. The molecular weight excluding hydrogens is 278 g/mol. The number of carboxylic acid groups (broad SMARTS) is 1. The Labute approximate surface area is 121 Å². The lowest BCUT2D eigenvalue weighted by Gasteiger charge is -2.08. The molecule has 0 saturated carbocycles. The Hall–Kier alpha value is -2.57. The molecule has 114 valence electrons. The van der Waals surface area contributed by atoms with Crippen LogP contribution in [0.2, 0.25) is 0 Å². The van der Waals surface area contributed by atoms with Crippen LogP contribution in [0.25, 0.3) is 0 Å². The topological polar surface area (TPSA) is 113 Å². The van der Waals surface area contributed by atoms with Crippen molar-refractivity contribution in [1.82, 2.24) is 0 Å². The summed E-state index contributed by atoms with van der Waals surface area (Å²) in [5.41, 5.74) is 0.376. The minimum absolute atomic E-state index is 0.108. The summed E-state index contributed by atoms with van der Waals surface area (Å²) in [5.74, 6) is -2.92. The molecule has 0 saturated heterocycles. The molecule has 0 aliphatic heterocycles. The zero-order valence-corrected chi connectivity index (χ0v) is 11.6. The average Bonchev–Trinajstić information content (AvgIpc) is 2.45. The van der Waals surface area contributed by atoms with E-state index in [1.54, 1.807) is 6.92 Å². The molecule has 0 amide bonds. The number of benzene rings is 1. The number of carboxylic acids is 1. The minimum atomic E-state index is -1.20. The van der Waals surface area contributed by atoms with E-state index in [2.05, 4.69) is 5.32 Å². The molecule has 0 radical (unpaired) electrons. The van der Waals surface area contributed by atoms with Crippen molar-refractivity contribution in [2.24, 2.45) is 0 Å². The fraction of sp³-hybridized carbons (Fsp3) is 0.357. The Balaban J connectivity index is 2.33. The van der Waals surface area contributed by atoms with E-state index in [0.29, 0.717) is 18.7 Å². The number of esters is 1. The maximum atomic E-state index is 11.1. The van der Waals surface area contributed by atoms with Crippen LogP contribution in [0.3, 0.4) is 0 Å². The number of carbonyl (C=O) groups is 3. The quantitative estimate of drug-likeness (QED) is 0.377. The lowest BCUT2D eigenvalue weighted by atomic mass is 10.2. The van der Waals surface area contributed by atoms with E-state index in [0.717, 1.165) is 0 Å². The van der Waals surface area contributed by atoms with Gasteiger partial charge < -0.3 is 20.3 Å². The van der Waals surface area contributed by atoms with Crippen molar-refractivity contribution in [3.8, 4) is 5.75 Å². The van der Waals surface area contributed by atoms with Gasteiger partial charge in [0.1, 0.15) is 11.3 Å². The summed E-state index contributed by atoms with van der Waals surface area (Å²) < 4.78 is 4.75. The molecule has 7 heteroatoms. The predicted molar refractivity (Wildman–Crippen MR) is 74.4 cm³/mol. The zero-order chi connectivity index (χ0) is 15.8. The minimum Gasteiger partial charge on any atom is -0.507 e. The number of aromatic hydroxyl groups is 1. The van der Waals surface area contributed by atoms with E-state index in [9.17, 15) is 19.5 Å². The van der Waals surface area contributed by atoms with Gasteiger partial charge >= 0.3 is 11.9 Å². The van der Waals surface area contributed by atoms with Crippen LogP contribution in [0.1, 0.15) is 30.1 Å². The first-order chi connectivity index (χ1) is 9.95. The first-order valence-electron chi connectivity index (χ1n) is 6.45.